The maximum absolute atomic E-state index is 12.8. The largest absolute Gasteiger partial charge is 0.457 e. The third kappa shape index (κ3) is 5.40. The molecule has 8 heteroatoms. The second kappa shape index (κ2) is 9.61. The Balaban J connectivity index is 1.37. The summed E-state index contributed by atoms with van der Waals surface area (Å²) in [6, 6.07) is 15.9. The van der Waals surface area contributed by atoms with E-state index in [4.69, 9.17) is 4.74 Å². The molecule has 2 aromatic carbocycles. The molecule has 0 bridgehead atoms. The van der Waals surface area contributed by atoms with Crippen LogP contribution in [0, 0.1) is 0 Å². The molecular weight excluding hydrogens is 394 g/mol. The maximum Gasteiger partial charge on any atom is 0.249 e. The van der Waals surface area contributed by atoms with Crippen LogP contribution >= 0.6 is 0 Å². The van der Waals surface area contributed by atoms with E-state index in [1.54, 1.807) is 24.3 Å². The number of likely N-dealkylation sites (N-methyl/N-ethyl adjacent to an activating group) is 1. The molecule has 1 atom stereocenters. The lowest BCUT2D eigenvalue weighted by Crippen LogP contribution is -2.56. The van der Waals surface area contributed by atoms with Crippen LogP contribution in [0.25, 0.3) is 0 Å². The van der Waals surface area contributed by atoms with Crippen molar-refractivity contribution in [3.8, 4) is 11.5 Å². The van der Waals surface area contributed by atoms with E-state index >= 15 is 0 Å². The van der Waals surface area contributed by atoms with Gasteiger partial charge in [0.15, 0.2) is 0 Å². The molecular formula is C23H27N5O3. The quantitative estimate of drug-likeness (QED) is 0.774. The Morgan fingerprint density at radius 3 is 2.42 bits per heavy atom. The monoisotopic (exact) mass is 421 g/mol. The Hall–Kier alpha value is -3.39. The number of guanidine groups is 1. The van der Waals surface area contributed by atoms with E-state index in [-0.39, 0.29) is 18.2 Å². The molecule has 0 aromatic heterocycles. The number of carbonyl (C=O) groups excluding carboxylic acids is 2. The zero-order valence-electron chi connectivity index (χ0n) is 17.6. The number of rotatable bonds is 5. The van der Waals surface area contributed by atoms with Crippen molar-refractivity contribution in [1.82, 2.24) is 15.1 Å². The van der Waals surface area contributed by atoms with E-state index in [2.05, 4.69) is 27.4 Å². The molecule has 1 fully saturated rings. The van der Waals surface area contributed by atoms with Gasteiger partial charge in [-0.25, -0.2) is 4.99 Å². The second-order valence-corrected chi connectivity index (χ2v) is 7.57. The first-order valence-corrected chi connectivity index (χ1v) is 10.6. The van der Waals surface area contributed by atoms with Gasteiger partial charge in [0.2, 0.25) is 17.8 Å². The van der Waals surface area contributed by atoms with Crippen LogP contribution in [0.2, 0.25) is 0 Å². The van der Waals surface area contributed by atoms with E-state index in [1.807, 2.05) is 35.2 Å². The Labute approximate surface area is 181 Å². The highest BCUT2D eigenvalue weighted by Crippen LogP contribution is 2.23. The van der Waals surface area contributed by atoms with E-state index < -0.39 is 6.04 Å². The molecule has 2 aliphatic heterocycles. The predicted molar refractivity (Wildman–Crippen MR) is 119 cm³/mol. The lowest BCUT2D eigenvalue weighted by molar-refractivity contribution is -0.125. The van der Waals surface area contributed by atoms with Crippen LogP contribution in [-0.4, -0.2) is 66.3 Å². The number of hydrogen-bond donors (Lipinski definition) is 2. The van der Waals surface area contributed by atoms with Crippen molar-refractivity contribution in [2.24, 2.45) is 4.99 Å². The Kier molecular flexibility index (Phi) is 6.47. The maximum atomic E-state index is 12.8. The van der Waals surface area contributed by atoms with Crippen molar-refractivity contribution in [1.29, 1.82) is 0 Å². The summed E-state index contributed by atoms with van der Waals surface area (Å²) in [6.45, 7) is 6.54. The van der Waals surface area contributed by atoms with E-state index in [0.717, 1.165) is 38.5 Å². The third-order valence-corrected chi connectivity index (χ3v) is 5.43. The van der Waals surface area contributed by atoms with Gasteiger partial charge in [-0.1, -0.05) is 25.1 Å². The molecule has 2 aliphatic rings. The average molecular weight is 422 g/mol. The van der Waals surface area contributed by atoms with Crippen LogP contribution in [0.4, 0.5) is 5.69 Å². The topological polar surface area (TPSA) is 86.3 Å². The predicted octanol–water partition coefficient (Wildman–Crippen LogP) is 2.30. The first-order chi connectivity index (χ1) is 15.1. The smallest absolute Gasteiger partial charge is 0.249 e. The number of hydrogen-bond acceptors (Lipinski definition) is 6. The van der Waals surface area contributed by atoms with Crippen molar-refractivity contribution in [3.63, 3.8) is 0 Å². The number of piperazine rings is 1. The Morgan fingerprint density at radius 2 is 1.74 bits per heavy atom. The lowest BCUT2D eigenvalue weighted by Gasteiger charge is -2.37. The molecule has 4 rings (SSSR count). The van der Waals surface area contributed by atoms with Crippen LogP contribution in [-0.2, 0) is 9.59 Å². The van der Waals surface area contributed by atoms with Gasteiger partial charge >= 0.3 is 0 Å². The summed E-state index contributed by atoms with van der Waals surface area (Å²) in [6.07, 6.45) is 0.0411. The Morgan fingerprint density at radius 1 is 1.06 bits per heavy atom. The number of amides is 2. The number of nitrogens with one attached hydrogen (secondary N) is 2. The van der Waals surface area contributed by atoms with Crippen molar-refractivity contribution < 1.29 is 14.3 Å². The summed E-state index contributed by atoms with van der Waals surface area (Å²) in [5.41, 5.74) is 0.629. The molecule has 2 aromatic rings. The highest BCUT2D eigenvalue weighted by molar-refractivity contribution is 6.06. The number of ether oxygens (including phenoxy) is 1. The van der Waals surface area contributed by atoms with Gasteiger partial charge in [0.25, 0.3) is 0 Å². The van der Waals surface area contributed by atoms with E-state index in [1.165, 1.54) is 0 Å². The summed E-state index contributed by atoms with van der Waals surface area (Å²) in [5.74, 6) is 1.44. The molecule has 0 aliphatic carbocycles. The molecule has 0 saturated carbocycles. The first kappa shape index (κ1) is 20.9. The lowest BCUT2D eigenvalue weighted by atomic mass is 10.1. The van der Waals surface area contributed by atoms with Crippen molar-refractivity contribution >= 4 is 23.5 Å². The van der Waals surface area contributed by atoms with Crippen molar-refractivity contribution in [2.45, 2.75) is 19.4 Å². The summed E-state index contributed by atoms with van der Waals surface area (Å²) >= 11 is 0. The van der Waals surface area contributed by atoms with E-state index in [0.29, 0.717) is 17.4 Å². The fourth-order valence-electron chi connectivity index (χ4n) is 3.62. The van der Waals surface area contributed by atoms with Gasteiger partial charge in [-0.3, -0.25) is 14.9 Å². The summed E-state index contributed by atoms with van der Waals surface area (Å²) in [7, 11) is 0. The normalized spacial score (nSPS) is 19.4. The average Bonchev–Trinajstić information content (AvgIpc) is 2.80. The van der Waals surface area contributed by atoms with Gasteiger partial charge in [0.05, 0.1) is 6.42 Å². The summed E-state index contributed by atoms with van der Waals surface area (Å²) < 4.78 is 5.77. The molecule has 2 heterocycles. The van der Waals surface area contributed by atoms with Crippen molar-refractivity contribution in [2.75, 3.05) is 38.0 Å². The number of para-hydroxylation sites is 1. The molecule has 8 nitrogen and oxygen atoms in total. The molecule has 1 saturated heterocycles. The number of carbonyl (C=O) groups is 2. The van der Waals surface area contributed by atoms with Gasteiger partial charge in [0.1, 0.15) is 17.5 Å². The van der Waals surface area contributed by atoms with Crippen LogP contribution < -0.4 is 15.4 Å². The molecule has 162 valence electrons. The standard InChI is InChI=1S/C23H27N5O3/c1-2-27-12-14-28(15-13-27)23-25-20(16-21(29)26-23)22(30)24-17-8-10-19(11-9-17)31-18-6-4-3-5-7-18/h3-11,20H,2,12-16H2,1H3,(H,24,30)(H,25,26,29)/t20-/m0/s1. The molecule has 0 radical (unpaired) electrons. The summed E-state index contributed by atoms with van der Waals surface area (Å²) in [4.78, 5) is 33.9. The first-order valence-electron chi connectivity index (χ1n) is 10.6. The van der Waals surface area contributed by atoms with Crippen molar-refractivity contribution in [3.05, 3.63) is 54.6 Å². The highest BCUT2D eigenvalue weighted by atomic mass is 16.5. The molecule has 0 spiro atoms. The van der Waals surface area contributed by atoms with Crippen LogP contribution in [0.1, 0.15) is 13.3 Å². The second-order valence-electron chi connectivity index (χ2n) is 7.57. The third-order valence-electron chi connectivity index (χ3n) is 5.43. The fraction of sp³-hybridized carbons (Fsp3) is 0.348. The minimum atomic E-state index is -0.742. The molecule has 0 unspecified atom stereocenters. The Bertz CT molecular complexity index is 937. The molecule has 2 amide bonds. The minimum Gasteiger partial charge on any atom is -0.457 e. The number of benzene rings is 2. The zero-order chi connectivity index (χ0) is 21.6. The number of anilines is 1. The highest BCUT2D eigenvalue weighted by Gasteiger charge is 2.30. The minimum absolute atomic E-state index is 0.0411. The fourth-order valence-corrected chi connectivity index (χ4v) is 3.62. The van der Waals surface area contributed by atoms with Gasteiger partial charge in [-0.05, 0) is 42.9 Å². The van der Waals surface area contributed by atoms with Crippen LogP contribution in [0.5, 0.6) is 11.5 Å². The zero-order valence-corrected chi connectivity index (χ0v) is 17.6. The molecule has 2 N–H and O–H groups in total. The number of aliphatic imine (C=N–C) groups is 1. The SMILES string of the molecule is CCN1CCN(C2=N[C@H](C(=O)Nc3ccc(Oc4ccccc4)cc3)CC(=O)N2)CC1. The molecule has 31 heavy (non-hydrogen) atoms. The van der Waals surface area contributed by atoms with Gasteiger partial charge in [-0.2, -0.15) is 0 Å². The van der Waals surface area contributed by atoms with Crippen LogP contribution in [0.3, 0.4) is 0 Å². The van der Waals surface area contributed by atoms with Crippen LogP contribution in [0.15, 0.2) is 59.6 Å². The van der Waals surface area contributed by atoms with E-state index in [9.17, 15) is 9.59 Å². The number of nitrogens with zero attached hydrogens (tertiary/aromatic N) is 3. The van der Waals surface area contributed by atoms with Gasteiger partial charge in [0, 0.05) is 31.9 Å². The summed E-state index contributed by atoms with van der Waals surface area (Å²) in [5, 5.41) is 5.67. The van der Waals surface area contributed by atoms with Gasteiger partial charge < -0.3 is 19.9 Å². The van der Waals surface area contributed by atoms with Gasteiger partial charge in [-0.15, -0.1) is 0 Å².